The van der Waals surface area contributed by atoms with Crippen molar-refractivity contribution < 1.29 is 4.79 Å². The van der Waals surface area contributed by atoms with Gasteiger partial charge in [0.2, 0.25) is 5.91 Å². The van der Waals surface area contributed by atoms with E-state index in [1.54, 1.807) is 11.8 Å². The number of benzene rings is 3. The van der Waals surface area contributed by atoms with E-state index in [9.17, 15) is 4.79 Å². The average Bonchev–Trinajstić information content (AvgIpc) is 3.13. The van der Waals surface area contributed by atoms with E-state index in [-0.39, 0.29) is 5.91 Å². The lowest BCUT2D eigenvalue weighted by Gasteiger charge is -2.09. The second-order valence-corrected chi connectivity index (χ2v) is 8.97. The van der Waals surface area contributed by atoms with Crippen LogP contribution in [0.2, 0.25) is 0 Å². The summed E-state index contributed by atoms with van der Waals surface area (Å²) in [6, 6.07) is 23.1. The van der Waals surface area contributed by atoms with Crippen LogP contribution >= 0.6 is 11.8 Å². The van der Waals surface area contributed by atoms with Crippen LogP contribution in [0.5, 0.6) is 0 Å². The predicted octanol–water partition coefficient (Wildman–Crippen LogP) is 6.60. The van der Waals surface area contributed by atoms with E-state index >= 15 is 0 Å². The molecule has 0 aliphatic rings. The molecule has 1 amide bonds. The molecule has 1 heterocycles. The number of nitrogens with one attached hydrogen (secondary N) is 1. The molecule has 0 fully saturated rings. The maximum absolute atomic E-state index is 12.5. The normalized spacial score (nSPS) is 11.1. The molecule has 31 heavy (non-hydrogen) atoms. The van der Waals surface area contributed by atoms with Crippen LogP contribution in [0.3, 0.4) is 0 Å². The topological polar surface area (TPSA) is 34.0 Å². The molecule has 0 spiro atoms. The molecule has 1 aromatic heterocycles. The van der Waals surface area contributed by atoms with Gasteiger partial charge in [-0.1, -0.05) is 61.0 Å². The summed E-state index contributed by atoms with van der Waals surface area (Å²) in [5.74, 6) is 0.396. The highest BCUT2D eigenvalue weighted by atomic mass is 32.2. The van der Waals surface area contributed by atoms with E-state index in [1.165, 1.54) is 33.2 Å². The summed E-state index contributed by atoms with van der Waals surface area (Å²) in [7, 11) is 0. The maximum atomic E-state index is 12.5. The van der Waals surface area contributed by atoms with Crippen LogP contribution in [0, 0.1) is 13.8 Å². The molecule has 4 heteroatoms. The third kappa shape index (κ3) is 5.02. The summed E-state index contributed by atoms with van der Waals surface area (Å²) < 4.78 is 2.29. The van der Waals surface area contributed by atoms with Gasteiger partial charge in [0, 0.05) is 34.2 Å². The minimum absolute atomic E-state index is 0.0145. The molecule has 0 aliphatic carbocycles. The van der Waals surface area contributed by atoms with Crippen molar-refractivity contribution in [2.45, 2.75) is 38.6 Å². The zero-order valence-corrected chi connectivity index (χ0v) is 19.1. The van der Waals surface area contributed by atoms with E-state index in [0.29, 0.717) is 5.75 Å². The maximum Gasteiger partial charge on any atom is 0.234 e. The summed E-state index contributed by atoms with van der Waals surface area (Å²) in [5.41, 5.74) is 7.21. The minimum atomic E-state index is 0.0145. The Labute approximate surface area is 188 Å². The largest absolute Gasteiger partial charge is 0.342 e. The van der Waals surface area contributed by atoms with Crippen molar-refractivity contribution in [1.29, 1.82) is 0 Å². The third-order valence-corrected chi connectivity index (χ3v) is 6.64. The molecule has 1 N–H and O–H groups in total. The van der Waals surface area contributed by atoms with Gasteiger partial charge in [0.15, 0.2) is 0 Å². The smallest absolute Gasteiger partial charge is 0.234 e. The van der Waals surface area contributed by atoms with Crippen molar-refractivity contribution in [2.24, 2.45) is 0 Å². The Morgan fingerprint density at radius 1 is 1.00 bits per heavy atom. The molecular weight excluding hydrogens is 400 g/mol. The molecule has 0 radical (unpaired) electrons. The highest BCUT2D eigenvalue weighted by Gasteiger charge is 2.12. The number of hydrogen-bond acceptors (Lipinski definition) is 2. The molecule has 4 aromatic rings. The molecule has 0 saturated carbocycles. The van der Waals surface area contributed by atoms with E-state index in [2.05, 4.69) is 91.4 Å². The van der Waals surface area contributed by atoms with E-state index in [4.69, 9.17) is 0 Å². The fraction of sp³-hybridized carbons (Fsp3) is 0.222. The Kier molecular flexibility index (Phi) is 6.47. The van der Waals surface area contributed by atoms with Gasteiger partial charge in [0.05, 0.1) is 5.75 Å². The molecule has 3 nitrogen and oxygen atoms in total. The van der Waals surface area contributed by atoms with Crippen LogP contribution in [0.25, 0.3) is 10.9 Å². The van der Waals surface area contributed by atoms with Crippen LogP contribution < -0.4 is 5.32 Å². The summed E-state index contributed by atoms with van der Waals surface area (Å²) in [4.78, 5) is 13.7. The Morgan fingerprint density at radius 3 is 2.55 bits per heavy atom. The summed E-state index contributed by atoms with van der Waals surface area (Å²) in [6.07, 6.45) is 3.18. The standard InChI is InChI=1S/C27H28N2OS/c1-4-21-11-13-23(14-12-21)28-27(30)18-31-26-17-29(25-8-6-5-7-24(25)26)16-22-15-19(2)9-10-20(22)3/h5-15,17H,4,16,18H2,1-3H3,(H,28,30). The van der Waals surface area contributed by atoms with E-state index in [1.807, 2.05) is 12.1 Å². The third-order valence-electron chi connectivity index (χ3n) is 5.60. The van der Waals surface area contributed by atoms with Crippen LogP contribution in [0.15, 0.2) is 77.8 Å². The molecule has 0 unspecified atom stereocenters. The zero-order chi connectivity index (χ0) is 21.8. The number of nitrogens with zero attached hydrogens (tertiary/aromatic N) is 1. The highest BCUT2D eigenvalue weighted by Crippen LogP contribution is 2.31. The van der Waals surface area contributed by atoms with Gasteiger partial charge in [0.25, 0.3) is 0 Å². The van der Waals surface area contributed by atoms with Crippen LogP contribution in [-0.4, -0.2) is 16.2 Å². The number of amides is 1. The molecule has 0 atom stereocenters. The Balaban J connectivity index is 1.50. The average molecular weight is 429 g/mol. The van der Waals surface area contributed by atoms with Crippen molar-refractivity contribution in [3.63, 3.8) is 0 Å². The number of hydrogen-bond donors (Lipinski definition) is 1. The number of para-hydroxylation sites is 1. The molecule has 0 bridgehead atoms. The van der Waals surface area contributed by atoms with Crippen LogP contribution in [0.4, 0.5) is 5.69 Å². The molecule has 158 valence electrons. The van der Waals surface area contributed by atoms with Gasteiger partial charge < -0.3 is 9.88 Å². The van der Waals surface area contributed by atoms with Crippen molar-refractivity contribution in [1.82, 2.24) is 4.57 Å². The predicted molar refractivity (Wildman–Crippen MR) is 132 cm³/mol. The molecule has 0 saturated heterocycles. The van der Waals surface area contributed by atoms with Gasteiger partial charge >= 0.3 is 0 Å². The lowest BCUT2D eigenvalue weighted by molar-refractivity contribution is -0.113. The SMILES string of the molecule is CCc1ccc(NC(=O)CSc2cn(Cc3cc(C)ccc3C)c3ccccc23)cc1. The number of carbonyl (C=O) groups is 1. The van der Waals surface area contributed by atoms with Crippen LogP contribution in [0.1, 0.15) is 29.2 Å². The van der Waals surface area contributed by atoms with Gasteiger partial charge in [-0.25, -0.2) is 0 Å². The number of anilines is 1. The Bertz CT molecular complexity index is 1210. The number of rotatable bonds is 7. The fourth-order valence-electron chi connectivity index (χ4n) is 3.78. The molecule has 4 rings (SSSR count). The number of fused-ring (bicyclic) bond motifs is 1. The quantitative estimate of drug-likeness (QED) is 0.337. The van der Waals surface area contributed by atoms with Crippen molar-refractivity contribution in [3.8, 4) is 0 Å². The van der Waals surface area contributed by atoms with Gasteiger partial charge in [-0.3, -0.25) is 4.79 Å². The van der Waals surface area contributed by atoms with Crippen molar-refractivity contribution in [3.05, 3.63) is 95.2 Å². The van der Waals surface area contributed by atoms with Gasteiger partial charge in [-0.05, 0) is 55.2 Å². The first-order valence-electron chi connectivity index (χ1n) is 10.7. The summed E-state index contributed by atoms with van der Waals surface area (Å²) in [6.45, 7) is 7.24. The first kappa shape index (κ1) is 21.3. The number of thioether (sulfide) groups is 1. The van der Waals surface area contributed by atoms with Gasteiger partial charge in [0.1, 0.15) is 0 Å². The first-order chi connectivity index (χ1) is 15.0. The van der Waals surface area contributed by atoms with Crippen LogP contribution in [-0.2, 0) is 17.8 Å². The first-order valence-corrected chi connectivity index (χ1v) is 11.7. The number of aryl methyl sites for hydroxylation is 3. The fourth-order valence-corrected chi connectivity index (χ4v) is 4.67. The lowest BCUT2D eigenvalue weighted by Crippen LogP contribution is -2.13. The monoisotopic (exact) mass is 428 g/mol. The summed E-state index contributed by atoms with van der Waals surface area (Å²) >= 11 is 1.59. The van der Waals surface area contributed by atoms with Gasteiger partial charge in [-0.2, -0.15) is 0 Å². The Hall–Kier alpha value is -2.98. The molecule has 0 aliphatic heterocycles. The van der Waals surface area contributed by atoms with E-state index < -0.39 is 0 Å². The van der Waals surface area contributed by atoms with Gasteiger partial charge in [-0.15, -0.1) is 11.8 Å². The Morgan fingerprint density at radius 2 is 1.77 bits per heavy atom. The summed E-state index contributed by atoms with van der Waals surface area (Å²) in [5, 5.41) is 4.20. The zero-order valence-electron chi connectivity index (χ0n) is 18.3. The van der Waals surface area contributed by atoms with E-state index in [0.717, 1.165) is 23.5 Å². The number of carbonyl (C=O) groups excluding carboxylic acids is 1. The lowest BCUT2D eigenvalue weighted by atomic mass is 10.1. The number of aromatic nitrogens is 1. The van der Waals surface area contributed by atoms with Crippen molar-refractivity contribution in [2.75, 3.05) is 11.1 Å². The second kappa shape index (κ2) is 9.44. The minimum Gasteiger partial charge on any atom is -0.342 e. The molecular formula is C27H28N2OS. The van der Waals surface area contributed by atoms with Crippen molar-refractivity contribution >= 4 is 34.3 Å². The second-order valence-electron chi connectivity index (χ2n) is 7.96. The highest BCUT2D eigenvalue weighted by molar-refractivity contribution is 8.00. The molecule has 3 aromatic carbocycles.